The normalized spacial score (nSPS) is 11.1. The van der Waals surface area contributed by atoms with Crippen molar-refractivity contribution in [2.24, 2.45) is 5.10 Å². The molecule has 0 aromatic heterocycles. The van der Waals surface area contributed by atoms with Crippen LogP contribution in [-0.4, -0.2) is 18.2 Å². The zero-order valence-electron chi connectivity index (χ0n) is 12.6. The van der Waals surface area contributed by atoms with Crippen molar-refractivity contribution >= 4 is 33.2 Å². The van der Waals surface area contributed by atoms with Crippen molar-refractivity contribution in [2.45, 2.75) is 13.8 Å². The summed E-state index contributed by atoms with van der Waals surface area (Å²) < 4.78 is 0.979. The summed E-state index contributed by atoms with van der Waals surface area (Å²) in [6, 6.07) is 15.7. The maximum atomic E-state index is 11.8. The third-order valence-electron chi connectivity index (χ3n) is 3.06. The van der Waals surface area contributed by atoms with E-state index in [9.17, 15) is 4.79 Å². The molecule has 2 rings (SSSR count). The van der Waals surface area contributed by atoms with Gasteiger partial charge in [0.05, 0.1) is 12.3 Å². The van der Waals surface area contributed by atoms with Crippen molar-refractivity contribution in [1.29, 1.82) is 0 Å². The van der Waals surface area contributed by atoms with Gasteiger partial charge in [0.2, 0.25) is 0 Å². The Labute approximate surface area is 138 Å². The summed E-state index contributed by atoms with van der Waals surface area (Å²) in [4.78, 5) is 11.8. The number of benzene rings is 2. The average Bonchev–Trinajstić information content (AvgIpc) is 2.50. The van der Waals surface area contributed by atoms with Crippen LogP contribution in [-0.2, 0) is 4.79 Å². The predicted molar refractivity (Wildman–Crippen MR) is 94.2 cm³/mol. The highest BCUT2D eigenvalue weighted by molar-refractivity contribution is 9.10. The van der Waals surface area contributed by atoms with Crippen molar-refractivity contribution in [3.05, 3.63) is 64.1 Å². The molecule has 0 unspecified atom stereocenters. The van der Waals surface area contributed by atoms with Gasteiger partial charge in [0, 0.05) is 10.2 Å². The first-order valence-electron chi connectivity index (χ1n) is 6.94. The number of hydrazone groups is 1. The van der Waals surface area contributed by atoms with E-state index in [4.69, 9.17) is 0 Å². The first kappa shape index (κ1) is 16.2. The molecule has 0 atom stereocenters. The van der Waals surface area contributed by atoms with Gasteiger partial charge in [0.15, 0.2) is 0 Å². The van der Waals surface area contributed by atoms with E-state index in [0.29, 0.717) is 0 Å². The molecule has 22 heavy (non-hydrogen) atoms. The minimum atomic E-state index is -0.184. The van der Waals surface area contributed by atoms with Crippen LogP contribution in [0.4, 0.5) is 5.69 Å². The number of rotatable bonds is 5. The lowest BCUT2D eigenvalue weighted by Gasteiger charge is -2.07. The molecule has 114 valence electrons. The maximum absolute atomic E-state index is 11.8. The van der Waals surface area contributed by atoms with Gasteiger partial charge in [-0.3, -0.25) is 4.79 Å². The Morgan fingerprint density at radius 1 is 1.18 bits per heavy atom. The Hall–Kier alpha value is -2.14. The van der Waals surface area contributed by atoms with Crippen molar-refractivity contribution in [3.63, 3.8) is 0 Å². The van der Waals surface area contributed by atoms with Gasteiger partial charge in [0.25, 0.3) is 5.91 Å². The van der Waals surface area contributed by atoms with Crippen LogP contribution in [0.1, 0.15) is 18.1 Å². The Morgan fingerprint density at radius 2 is 1.95 bits per heavy atom. The largest absolute Gasteiger partial charge is 0.376 e. The zero-order valence-corrected chi connectivity index (χ0v) is 14.1. The van der Waals surface area contributed by atoms with Crippen LogP contribution in [0.5, 0.6) is 0 Å². The molecule has 2 aromatic carbocycles. The smallest absolute Gasteiger partial charge is 0.259 e. The van der Waals surface area contributed by atoms with Gasteiger partial charge in [-0.25, -0.2) is 5.43 Å². The zero-order chi connectivity index (χ0) is 15.9. The molecule has 0 saturated heterocycles. The topological polar surface area (TPSA) is 53.5 Å². The molecular weight excluding hydrogens is 342 g/mol. The van der Waals surface area contributed by atoms with E-state index in [2.05, 4.69) is 31.8 Å². The van der Waals surface area contributed by atoms with E-state index >= 15 is 0 Å². The van der Waals surface area contributed by atoms with Crippen LogP contribution in [0.3, 0.4) is 0 Å². The lowest BCUT2D eigenvalue weighted by Crippen LogP contribution is -2.26. The van der Waals surface area contributed by atoms with Crippen molar-refractivity contribution in [3.8, 4) is 0 Å². The van der Waals surface area contributed by atoms with E-state index in [1.54, 1.807) is 0 Å². The summed E-state index contributed by atoms with van der Waals surface area (Å²) >= 11 is 3.41. The lowest BCUT2D eigenvalue weighted by atomic mass is 10.1. The predicted octanol–water partition coefficient (Wildman–Crippen LogP) is 3.71. The molecule has 0 aliphatic carbocycles. The third-order valence-corrected chi connectivity index (χ3v) is 3.56. The fourth-order valence-electron chi connectivity index (χ4n) is 1.90. The second-order valence-electron chi connectivity index (χ2n) is 4.97. The van der Waals surface area contributed by atoms with Gasteiger partial charge in [-0.2, -0.15) is 5.10 Å². The number of anilines is 1. The standard InChI is InChI=1S/C17H18BrN3O/c1-12-5-3-8-16(9-12)19-11-17(22)21-20-13(2)14-6-4-7-15(18)10-14/h3-10,19H,11H2,1-2H3,(H,21,22)/b20-13-. The van der Waals surface area contributed by atoms with Crippen molar-refractivity contribution < 1.29 is 4.79 Å². The number of aryl methyl sites for hydroxylation is 1. The van der Waals surface area contributed by atoms with E-state index in [0.717, 1.165) is 27.0 Å². The molecule has 0 bridgehead atoms. The highest BCUT2D eigenvalue weighted by Crippen LogP contribution is 2.12. The Kier molecular flexibility index (Phi) is 5.72. The summed E-state index contributed by atoms with van der Waals surface area (Å²) in [6.45, 7) is 4.05. The number of amides is 1. The van der Waals surface area contributed by atoms with Crippen LogP contribution in [0.15, 0.2) is 58.1 Å². The summed E-state index contributed by atoms with van der Waals surface area (Å²) in [7, 11) is 0. The molecule has 0 fully saturated rings. The molecule has 0 aliphatic rings. The van der Waals surface area contributed by atoms with Crippen LogP contribution >= 0.6 is 15.9 Å². The van der Waals surface area contributed by atoms with E-state index in [-0.39, 0.29) is 12.5 Å². The maximum Gasteiger partial charge on any atom is 0.259 e. The number of carbonyl (C=O) groups is 1. The summed E-state index contributed by atoms with van der Waals surface area (Å²) in [5, 5.41) is 7.19. The minimum Gasteiger partial charge on any atom is -0.376 e. The number of carbonyl (C=O) groups excluding carboxylic acids is 1. The Morgan fingerprint density at radius 3 is 2.68 bits per heavy atom. The first-order chi connectivity index (χ1) is 10.5. The highest BCUT2D eigenvalue weighted by atomic mass is 79.9. The Bertz CT molecular complexity index is 698. The number of nitrogens with zero attached hydrogens (tertiary/aromatic N) is 1. The summed E-state index contributed by atoms with van der Waals surface area (Å²) in [6.07, 6.45) is 0. The van der Waals surface area contributed by atoms with Gasteiger partial charge in [-0.15, -0.1) is 0 Å². The molecule has 0 spiro atoms. The second kappa shape index (κ2) is 7.75. The van der Waals surface area contributed by atoms with Crippen molar-refractivity contribution in [1.82, 2.24) is 5.43 Å². The molecule has 0 aliphatic heterocycles. The minimum absolute atomic E-state index is 0.179. The highest BCUT2D eigenvalue weighted by Gasteiger charge is 2.02. The number of hydrogen-bond donors (Lipinski definition) is 2. The molecule has 4 nitrogen and oxygen atoms in total. The van der Waals surface area contributed by atoms with Gasteiger partial charge in [-0.1, -0.05) is 40.2 Å². The van der Waals surface area contributed by atoms with Crippen LogP contribution in [0, 0.1) is 6.92 Å². The molecule has 0 saturated carbocycles. The fraction of sp³-hybridized carbons (Fsp3) is 0.176. The van der Waals surface area contributed by atoms with Gasteiger partial charge in [0.1, 0.15) is 0 Å². The van der Waals surface area contributed by atoms with Crippen LogP contribution in [0.2, 0.25) is 0 Å². The van der Waals surface area contributed by atoms with E-state index in [1.165, 1.54) is 0 Å². The summed E-state index contributed by atoms with van der Waals surface area (Å²) in [5.41, 5.74) is 6.34. The molecule has 2 aromatic rings. The molecule has 2 N–H and O–H groups in total. The quantitative estimate of drug-likeness (QED) is 0.631. The number of halogens is 1. The number of nitrogens with one attached hydrogen (secondary N) is 2. The van der Waals surface area contributed by atoms with Gasteiger partial charge < -0.3 is 5.32 Å². The van der Waals surface area contributed by atoms with Gasteiger partial charge >= 0.3 is 0 Å². The van der Waals surface area contributed by atoms with Crippen molar-refractivity contribution in [2.75, 3.05) is 11.9 Å². The SMILES string of the molecule is C/C(=N/NC(=O)CNc1cccc(C)c1)c1cccc(Br)c1. The molecule has 1 amide bonds. The average molecular weight is 360 g/mol. The number of hydrogen-bond acceptors (Lipinski definition) is 3. The molecule has 5 heteroatoms. The Balaban J connectivity index is 1.88. The molecule has 0 heterocycles. The summed E-state index contributed by atoms with van der Waals surface area (Å²) in [5.74, 6) is -0.184. The fourth-order valence-corrected chi connectivity index (χ4v) is 2.30. The third kappa shape index (κ3) is 5.00. The van der Waals surface area contributed by atoms with E-state index < -0.39 is 0 Å². The first-order valence-corrected chi connectivity index (χ1v) is 7.73. The van der Waals surface area contributed by atoms with Crippen LogP contribution in [0.25, 0.3) is 0 Å². The molecule has 0 radical (unpaired) electrons. The second-order valence-corrected chi connectivity index (χ2v) is 5.88. The van der Waals surface area contributed by atoms with E-state index in [1.807, 2.05) is 62.4 Å². The van der Waals surface area contributed by atoms with Gasteiger partial charge in [-0.05, 0) is 49.2 Å². The monoisotopic (exact) mass is 359 g/mol. The van der Waals surface area contributed by atoms with Crippen LogP contribution < -0.4 is 10.7 Å². The molecular formula is C17H18BrN3O. The lowest BCUT2D eigenvalue weighted by molar-refractivity contribution is -0.119.